The Morgan fingerprint density at radius 3 is 1.94 bits per heavy atom. The van der Waals surface area contributed by atoms with Gasteiger partial charge < -0.3 is 0 Å². The Balaban J connectivity index is 0. The van der Waals surface area contributed by atoms with E-state index in [0.717, 1.165) is 24.6 Å². The average Bonchev–Trinajstić information content (AvgIpc) is 3.34. The summed E-state index contributed by atoms with van der Waals surface area (Å²) in [5, 5.41) is 0. The summed E-state index contributed by atoms with van der Waals surface area (Å²) in [6.07, 6.45) is 19.1. The Hall–Kier alpha value is -1.43. The van der Waals surface area contributed by atoms with E-state index in [1.54, 1.807) is 0 Å². The molecule has 1 aliphatic rings. The quantitative estimate of drug-likeness (QED) is 0.194. The predicted molar refractivity (Wildman–Crippen MR) is 160 cm³/mol. The molecular formula is C32H55NS. The highest BCUT2D eigenvalue weighted by Gasteiger charge is 2.14. The van der Waals surface area contributed by atoms with Crippen molar-refractivity contribution in [3.8, 4) is 12.8 Å². The average molecular weight is 486 g/mol. The first-order chi connectivity index (χ1) is 16.3. The van der Waals surface area contributed by atoms with Crippen molar-refractivity contribution >= 4 is 11.8 Å². The Morgan fingerprint density at radius 2 is 1.50 bits per heavy atom. The fourth-order valence-electron chi connectivity index (χ4n) is 3.38. The van der Waals surface area contributed by atoms with Crippen molar-refractivity contribution in [2.75, 3.05) is 18.8 Å². The van der Waals surface area contributed by atoms with Crippen LogP contribution in [-0.2, 0) is 6.54 Å². The lowest BCUT2D eigenvalue weighted by molar-refractivity contribution is 0.329. The summed E-state index contributed by atoms with van der Waals surface area (Å²) >= 11 is 2.00. The van der Waals surface area contributed by atoms with Crippen molar-refractivity contribution in [2.45, 2.75) is 106 Å². The van der Waals surface area contributed by atoms with E-state index in [0.29, 0.717) is 5.92 Å². The number of likely N-dealkylation sites (tertiary alicyclic amines) is 1. The van der Waals surface area contributed by atoms with Gasteiger partial charge in [-0.3, -0.25) is 4.90 Å². The molecule has 1 saturated heterocycles. The Morgan fingerprint density at radius 1 is 0.971 bits per heavy atom. The predicted octanol–water partition coefficient (Wildman–Crippen LogP) is 10.0. The van der Waals surface area contributed by atoms with E-state index >= 15 is 0 Å². The minimum atomic E-state index is 0.599. The molecule has 2 rings (SSSR count). The molecule has 0 unspecified atom stereocenters. The van der Waals surface area contributed by atoms with E-state index in [9.17, 15) is 0 Å². The minimum Gasteiger partial charge on any atom is -0.299 e. The summed E-state index contributed by atoms with van der Waals surface area (Å²) in [6.45, 7) is 23.5. The zero-order valence-corrected chi connectivity index (χ0v) is 24.8. The topological polar surface area (TPSA) is 3.24 Å². The van der Waals surface area contributed by atoms with E-state index in [1.807, 2.05) is 11.8 Å². The maximum Gasteiger partial charge on any atom is 0.0244 e. The number of nitrogens with zero attached hydrogens (tertiary/aromatic N) is 1. The van der Waals surface area contributed by atoms with Crippen LogP contribution in [0.5, 0.6) is 0 Å². The third-order valence-electron chi connectivity index (χ3n) is 5.44. The molecule has 2 heteroatoms. The number of allylic oxidation sites excluding steroid dienone is 3. The number of thioether (sulfide) groups is 1. The number of rotatable bonds is 9. The van der Waals surface area contributed by atoms with Crippen LogP contribution < -0.4 is 0 Å². The second-order valence-electron chi connectivity index (χ2n) is 9.49. The fourth-order valence-corrected chi connectivity index (χ4v) is 4.46. The molecule has 0 aromatic heterocycles. The maximum absolute atomic E-state index is 4.00. The van der Waals surface area contributed by atoms with Crippen molar-refractivity contribution in [1.29, 1.82) is 0 Å². The molecule has 1 heterocycles. The van der Waals surface area contributed by atoms with Crippen LogP contribution in [0.1, 0.15) is 100.0 Å². The third-order valence-corrected chi connectivity index (χ3v) is 6.61. The number of benzene rings is 1. The molecule has 1 nitrogen and oxygen atoms in total. The van der Waals surface area contributed by atoms with E-state index in [4.69, 9.17) is 0 Å². The number of terminal acetylenes is 1. The highest BCUT2D eigenvalue weighted by atomic mass is 32.2. The van der Waals surface area contributed by atoms with E-state index in [2.05, 4.69) is 116 Å². The van der Waals surface area contributed by atoms with Crippen molar-refractivity contribution in [2.24, 2.45) is 11.8 Å². The standard InChI is InChI=1S/C22H33NS.C5H12.C3H8.C2H2/c1-5-19(6-2)21(15-18(3)4)17-24-22-12-8-7-11-20(22)16-23-13-9-10-14-23;1-4-5(2)3;1-3-2;1-2/h5,7-8,11-12,15,18H,6,9-10,13-14,16-17H2,1-4H3;5H,4H2,1-3H3;3H2,1-2H3;1-2H/b19-5-,21-15-;;;. The molecule has 1 aromatic rings. The number of hydrogen-bond donors (Lipinski definition) is 0. The molecule has 0 atom stereocenters. The smallest absolute Gasteiger partial charge is 0.0244 e. The summed E-state index contributed by atoms with van der Waals surface area (Å²) in [6, 6.07) is 8.97. The minimum absolute atomic E-state index is 0.599. The lowest BCUT2D eigenvalue weighted by Gasteiger charge is -2.18. The van der Waals surface area contributed by atoms with Crippen LogP contribution in [0, 0.1) is 24.7 Å². The van der Waals surface area contributed by atoms with E-state index < -0.39 is 0 Å². The van der Waals surface area contributed by atoms with Gasteiger partial charge in [-0.2, -0.15) is 0 Å². The zero-order valence-electron chi connectivity index (χ0n) is 24.0. The second-order valence-corrected chi connectivity index (χ2v) is 10.5. The van der Waals surface area contributed by atoms with Gasteiger partial charge >= 0.3 is 0 Å². The van der Waals surface area contributed by atoms with Gasteiger partial charge in [-0.25, -0.2) is 0 Å². The van der Waals surface area contributed by atoms with Crippen LogP contribution >= 0.6 is 11.8 Å². The molecule has 0 N–H and O–H groups in total. The van der Waals surface area contributed by atoms with Gasteiger partial charge in [-0.1, -0.05) is 98.6 Å². The molecule has 1 aliphatic heterocycles. The van der Waals surface area contributed by atoms with Gasteiger partial charge in [0, 0.05) is 17.2 Å². The molecule has 1 aromatic carbocycles. The largest absolute Gasteiger partial charge is 0.299 e. The van der Waals surface area contributed by atoms with E-state index in [1.165, 1.54) is 60.4 Å². The van der Waals surface area contributed by atoms with Crippen LogP contribution in [0.2, 0.25) is 0 Å². The lowest BCUT2D eigenvalue weighted by Crippen LogP contribution is -2.18. The van der Waals surface area contributed by atoms with Crippen LogP contribution in [-0.4, -0.2) is 23.7 Å². The van der Waals surface area contributed by atoms with Crippen LogP contribution in [0.15, 0.2) is 52.5 Å². The normalized spacial score (nSPS) is 14.0. The van der Waals surface area contributed by atoms with Crippen LogP contribution in [0.25, 0.3) is 0 Å². The third kappa shape index (κ3) is 17.1. The van der Waals surface area contributed by atoms with Gasteiger partial charge in [0.25, 0.3) is 0 Å². The molecule has 0 saturated carbocycles. The first-order valence-corrected chi connectivity index (χ1v) is 14.4. The lowest BCUT2D eigenvalue weighted by atomic mass is 10.0. The van der Waals surface area contributed by atoms with E-state index in [-0.39, 0.29) is 0 Å². The summed E-state index contributed by atoms with van der Waals surface area (Å²) in [5.74, 6) is 2.56. The molecule has 194 valence electrons. The van der Waals surface area contributed by atoms with Crippen LogP contribution in [0.4, 0.5) is 0 Å². The van der Waals surface area contributed by atoms with Crippen molar-refractivity contribution < 1.29 is 0 Å². The van der Waals surface area contributed by atoms with Crippen molar-refractivity contribution in [3.63, 3.8) is 0 Å². The number of hydrogen-bond acceptors (Lipinski definition) is 2. The fraction of sp³-hybridized carbons (Fsp3) is 0.625. The van der Waals surface area contributed by atoms with Gasteiger partial charge in [0.15, 0.2) is 0 Å². The van der Waals surface area contributed by atoms with Gasteiger partial charge in [-0.15, -0.1) is 24.6 Å². The first-order valence-electron chi connectivity index (χ1n) is 13.4. The molecule has 0 bridgehead atoms. The van der Waals surface area contributed by atoms with Gasteiger partial charge in [-0.05, 0) is 73.9 Å². The molecule has 0 aliphatic carbocycles. The molecule has 34 heavy (non-hydrogen) atoms. The summed E-state index contributed by atoms with van der Waals surface area (Å²) in [4.78, 5) is 4.04. The highest BCUT2D eigenvalue weighted by molar-refractivity contribution is 7.99. The maximum atomic E-state index is 4.00. The van der Waals surface area contributed by atoms with Crippen LogP contribution in [0.3, 0.4) is 0 Å². The highest BCUT2D eigenvalue weighted by Crippen LogP contribution is 2.29. The monoisotopic (exact) mass is 485 g/mol. The summed E-state index contributed by atoms with van der Waals surface area (Å²) in [5.41, 5.74) is 4.50. The summed E-state index contributed by atoms with van der Waals surface area (Å²) < 4.78 is 0. The second kappa shape index (κ2) is 23.3. The Bertz CT molecular complexity index is 675. The molecule has 0 spiro atoms. The zero-order chi connectivity index (χ0) is 26.4. The van der Waals surface area contributed by atoms with Crippen molar-refractivity contribution in [1.82, 2.24) is 4.90 Å². The molecule has 0 amide bonds. The molecule has 1 fully saturated rings. The first kappa shape index (κ1) is 34.7. The molecular weight excluding hydrogens is 430 g/mol. The van der Waals surface area contributed by atoms with Crippen molar-refractivity contribution in [3.05, 3.63) is 53.1 Å². The Kier molecular flexibility index (Phi) is 23.8. The summed E-state index contributed by atoms with van der Waals surface area (Å²) in [7, 11) is 0. The molecule has 0 radical (unpaired) electrons. The van der Waals surface area contributed by atoms with Gasteiger partial charge in [0.2, 0.25) is 0 Å². The van der Waals surface area contributed by atoms with Gasteiger partial charge in [0.05, 0.1) is 0 Å². The van der Waals surface area contributed by atoms with Gasteiger partial charge in [0.1, 0.15) is 0 Å². The Labute approximate surface area is 218 Å². The SMILES string of the molecule is C#C.C/C=C(CC)\C(=C/C(C)C)CSc1ccccc1CN1CCCC1.CCC.CCC(C)C.